The number of benzene rings is 3. The smallest absolute Gasteiger partial charge is 0.412 e. The minimum atomic E-state index is -0.712. The number of hydrogen-bond donors (Lipinski definition) is 3. The van der Waals surface area contributed by atoms with Crippen LogP contribution in [0.2, 0.25) is 20.1 Å². The maximum absolute atomic E-state index is 12.4. The summed E-state index contributed by atoms with van der Waals surface area (Å²) in [4.78, 5) is 24.5. The summed E-state index contributed by atoms with van der Waals surface area (Å²) in [6.45, 7) is -0.0881. The maximum atomic E-state index is 12.4. The van der Waals surface area contributed by atoms with E-state index in [1.807, 2.05) is 0 Å². The van der Waals surface area contributed by atoms with E-state index in [4.69, 9.17) is 51.1 Å². The molecule has 0 aromatic heterocycles. The minimum Gasteiger partial charge on any atom is -0.444 e. The van der Waals surface area contributed by atoms with Crippen molar-refractivity contribution in [2.45, 2.75) is 6.61 Å². The fraction of sp³-hybridized carbons (Fsp3) is 0.0476. The summed E-state index contributed by atoms with van der Waals surface area (Å²) in [5, 5.41) is 9.36. The van der Waals surface area contributed by atoms with Crippen LogP contribution in [-0.4, -0.2) is 12.1 Å². The van der Waals surface area contributed by atoms with Crippen LogP contribution in [-0.2, 0) is 11.3 Å². The molecule has 3 rings (SSSR count). The topological polar surface area (TPSA) is 79.5 Å². The summed E-state index contributed by atoms with van der Waals surface area (Å²) in [5.74, 6) is 0. The Kier molecular flexibility index (Phi) is 7.87. The minimum absolute atomic E-state index is 0.0881. The Hall–Kier alpha value is -2.64. The fourth-order valence-corrected chi connectivity index (χ4v) is 3.43. The van der Waals surface area contributed by atoms with Gasteiger partial charge in [0.15, 0.2) is 0 Å². The van der Waals surface area contributed by atoms with Gasteiger partial charge in [-0.15, -0.1) is 0 Å². The Bertz CT molecular complexity index is 1120. The van der Waals surface area contributed by atoms with Crippen LogP contribution in [0.3, 0.4) is 0 Å². The van der Waals surface area contributed by atoms with Crippen molar-refractivity contribution < 1.29 is 14.3 Å². The average Bonchev–Trinajstić information content (AvgIpc) is 2.71. The van der Waals surface area contributed by atoms with E-state index in [0.29, 0.717) is 37.7 Å². The van der Waals surface area contributed by atoms with Gasteiger partial charge in [0.2, 0.25) is 0 Å². The number of urea groups is 1. The van der Waals surface area contributed by atoms with Gasteiger partial charge in [-0.3, -0.25) is 5.32 Å². The zero-order chi connectivity index (χ0) is 22.4. The van der Waals surface area contributed by atoms with Gasteiger partial charge in [-0.2, -0.15) is 0 Å². The highest BCUT2D eigenvalue weighted by Gasteiger charge is 2.12. The van der Waals surface area contributed by atoms with Crippen LogP contribution < -0.4 is 16.0 Å². The Morgan fingerprint density at radius 1 is 0.710 bits per heavy atom. The number of anilines is 3. The number of para-hydroxylation sites is 1. The fourth-order valence-electron chi connectivity index (χ4n) is 2.52. The number of ether oxygens (including phenoxy) is 1. The third-order valence-corrected chi connectivity index (χ3v) is 5.07. The van der Waals surface area contributed by atoms with Crippen LogP contribution in [0.1, 0.15) is 5.56 Å². The molecule has 0 aliphatic heterocycles. The van der Waals surface area contributed by atoms with Gasteiger partial charge in [-0.25, -0.2) is 9.59 Å². The molecule has 0 aliphatic rings. The number of carbonyl (C=O) groups is 2. The second kappa shape index (κ2) is 10.6. The Labute approximate surface area is 198 Å². The molecule has 0 saturated heterocycles. The van der Waals surface area contributed by atoms with Gasteiger partial charge in [0, 0.05) is 21.3 Å². The van der Waals surface area contributed by atoms with Crippen molar-refractivity contribution in [1.29, 1.82) is 0 Å². The lowest BCUT2D eigenvalue weighted by Gasteiger charge is -2.13. The number of nitrogens with one attached hydrogen (secondary N) is 3. The third-order valence-electron chi connectivity index (χ3n) is 3.97. The molecule has 0 fully saturated rings. The van der Waals surface area contributed by atoms with Crippen LogP contribution in [0.25, 0.3) is 0 Å². The number of hydrogen-bond acceptors (Lipinski definition) is 3. The zero-order valence-electron chi connectivity index (χ0n) is 15.7. The SMILES string of the molecule is O=C(Nc1ccc(Cl)cc1Cl)Nc1ccccc1COC(=O)Nc1ccc(Cl)cc1Cl. The van der Waals surface area contributed by atoms with Crippen LogP contribution >= 0.6 is 46.4 Å². The van der Waals surface area contributed by atoms with E-state index in [9.17, 15) is 9.59 Å². The monoisotopic (exact) mass is 497 g/mol. The second-order valence-electron chi connectivity index (χ2n) is 6.19. The first kappa shape index (κ1) is 23.0. The van der Waals surface area contributed by atoms with Gasteiger partial charge in [0.05, 0.1) is 21.4 Å². The van der Waals surface area contributed by atoms with E-state index in [0.717, 1.165) is 0 Å². The largest absolute Gasteiger partial charge is 0.444 e. The molecule has 0 bridgehead atoms. The Morgan fingerprint density at radius 2 is 1.26 bits per heavy atom. The highest BCUT2D eigenvalue weighted by Crippen LogP contribution is 2.27. The molecule has 3 aromatic carbocycles. The molecule has 6 nitrogen and oxygen atoms in total. The van der Waals surface area contributed by atoms with Crippen LogP contribution in [0.5, 0.6) is 0 Å². The summed E-state index contributed by atoms with van der Waals surface area (Å²) in [6.07, 6.45) is -0.712. The van der Waals surface area contributed by atoms with E-state index in [1.165, 1.54) is 12.1 Å². The predicted octanol–water partition coefficient (Wildman–Crippen LogP) is 7.69. The molecule has 3 aromatic rings. The quantitative estimate of drug-likeness (QED) is 0.337. The molecular weight excluding hydrogens is 484 g/mol. The van der Waals surface area contributed by atoms with E-state index in [1.54, 1.807) is 48.5 Å². The molecule has 0 unspecified atom stereocenters. The van der Waals surface area contributed by atoms with Crippen molar-refractivity contribution in [3.8, 4) is 0 Å². The molecule has 160 valence electrons. The Balaban J connectivity index is 1.60. The highest BCUT2D eigenvalue weighted by atomic mass is 35.5. The number of halogens is 4. The summed E-state index contributed by atoms with van der Waals surface area (Å²) in [7, 11) is 0. The first-order valence-electron chi connectivity index (χ1n) is 8.81. The van der Waals surface area contributed by atoms with E-state index >= 15 is 0 Å². The standard InChI is InChI=1S/C21H15Cl4N3O3/c22-13-5-7-18(15(24)9-13)27-20(29)26-17-4-2-1-3-12(17)11-31-21(30)28-19-8-6-14(23)10-16(19)25/h1-10H,11H2,(H,28,30)(H2,26,27,29). The molecule has 10 heteroatoms. The van der Waals surface area contributed by atoms with Crippen molar-refractivity contribution in [3.63, 3.8) is 0 Å². The predicted molar refractivity (Wildman–Crippen MR) is 126 cm³/mol. The lowest BCUT2D eigenvalue weighted by Crippen LogP contribution is -2.21. The lowest BCUT2D eigenvalue weighted by molar-refractivity contribution is 0.155. The molecule has 0 spiro atoms. The maximum Gasteiger partial charge on any atom is 0.412 e. The summed E-state index contributed by atoms with van der Waals surface area (Å²) in [5.41, 5.74) is 1.80. The highest BCUT2D eigenvalue weighted by molar-refractivity contribution is 6.37. The molecule has 0 saturated carbocycles. The Morgan fingerprint density at radius 3 is 1.87 bits per heavy atom. The van der Waals surface area contributed by atoms with Gasteiger partial charge < -0.3 is 15.4 Å². The van der Waals surface area contributed by atoms with Crippen molar-refractivity contribution in [1.82, 2.24) is 0 Å². The second-order valence-corrected chi connectivity index (χ2v) is 7.87. The van der Waals surface area contributed by atoms with Gasteiger partial charge in [-0.05, 0) is 42.5 Å². The molecule has 0 radical (unpaired) electrons. The molecule has 0 aliphatic carbocycles. The number of carbonyl (C=O) groups excluding carboxylic acids is 2. The normalized spacial score (nSPS) is 10.3. The van der Waals surface area contributed by atoms with Gasteiger partial charge in [-0.1, -0.05) is 64.6 Å². The van der Waals surface area contributed by atoms with Crippen molar-refractivity contribution in [2.75, 3.05) is 16.0 Å². The van der Waals surface area contributed by atoms with Crippen molar-refractivity contribution in [2.24, 2.45) is 0 Å². The zero-order valence-corrected chi connectivity index (χ0v) is 18.7. The first-order chi connectivity index (χ1) is 14.8. The third kappa shape index (κ3) is 6.67. The molecule has 3 N–H and O–H groups in total. The number of amides is 3. The van der Waals surface area contributed by atoms with E-state index in [2.05, 4.69) is 16.0 Å². The summed E-state index contributed by atoms with van der Waals surface area (Å²) in [6, 6.07) is 15.7. The molecule has 31 heavy (non-hydrogen) atoms. The van der Waals surface area contributed by atoms with Crippen LogP contribution in [0.15, 0.2) is 60.7 Å². The van der Waals surface area contributed by atoms with Crippen molar-refractivity contribution in [3.05, 3.63) is 86.3 Å². The average molecular weight is 499 g/mol. The van der Waals surface area contributed by atoms with Crippen LogP contribution in [0.4, 0.5) is 26.7 Å². The summed E-state index contributed by atoms with van der Waals surface area (Å²) >= 11 is 23.8. The molecule has 3 amide bonds. The molecular formula is C21H15Cl4N3O3. The molecule has 0 heterocycles. The van der Waals surface area contributed by atoms with Gasteiger partial charge in [0.25, 0.3) is 0 Å². The molecule has 0 atom stereocenters. The first-order valence-corrected chi connectivity index (χ1v) is 10.3. The van der Waals surface area contributed by atoms with E-state index in [-0.39, 0.29) is 11.6 Å². The van der Waals surface area contributed by atoms with Crippen LogP contribution in [0, 0.1) is 0 Å². The van der Waals surface area contributed by atoms with Gasteiger partial charge in [0.1, 0.15) is 6.61 Å². The summed E-state index contributed by atoms with van der Waals surface area (Å²) < 4.78 is 5.24. The lowest BCUT2D eigenvalue weighted by atomic mass is 10.2. The van der Waals surface area contributed by atoms with Crippen molar-refractivity contribution >= 4 is 75.6 Å². The van der Waals surface area contributed by atoms with E-state index < -0.39 is 12.1 Å². The number of rotatable bonds is 5. The van der Waals surface area contributed by atoms with Gasteiger partial charge >= 0.3 is 12.1 Å².